The molecule has 3 aromatic heterocycles. The molecule has 0 aliphatic carbocycles. The number of aryl methyl sites for hydroxylation is 1. The molecule has 0 unspecified atom stereocenters. The molecule has 5 nitrogen and oxygen atoms in total. The lowest BCUT2D eigenvalue weighted by atomic mass is 9.99. The Labute approximate surface area is 145 Å². The van der Waals surface area contributed by atoms with Gasteiger partial charge in [0, 0.05) is 36.9 Å². The molecular weight excluding hydrogens is 312 g/mol. The third-order valence-corrected chi connectivity index (χ3v) is 5.23. The molecule has 1 aliphatic heterocycles. The van der Waals surface area contributed by atoms with Gasteiger partial charge in [-0.15, -0.1) is 0 Å². The fourth-order valence-corrected chi connectivity index (χ4v) is 4.00. The number of rotatable bonds is 3. The van der Waals surface area contributed by atoms with Crippen molar-refractivity contribution in [2.75, 3.05) is 6.54 Å². The molecule has 1 aliphatic rings. The van der Waals surface area contributed by atoms with Crippen LogP contribution < -0.4 is 0 Å². The molecule has 4 heterocycles. The highest BCUT2D eigenvalue weighted by Crippen LogP contribution is 2.36. The summed E-state index contributed by atoms with van der Waals surface area (Å²) in [6.45, 7) is 1.76. The highest BCUT2D eigenvalue weighted by Gasteiger charge is 2.33. The third kappa shape index (κ3) is 2.31. The molecule has 0 amide bonds. The van der Waals surface area contributed by atoms with Gasteiger partial charge >= 0.3 is 0 Å². The molecule has 0 radical (unpaired) electrons. The number of H-pyrrole nitrogens is 1. The SMILES string of the molecule is Cn1c([C@@H]2c3nc[nH]c3CCN2Cc2ccco2)cc2ccccc21. The first-order valence-corrected chi connectivity index (χ1v) is 8.64. The number of hydrogen-bond acceptors (Lipinski definition) is 3. The highest BCUT2D eigenvalue weighted by molar-refractivity contribution is 5.81. The monoisotopic (exact) mass is 332 g/mol. The van der Waals surface area contributed by atoms with E-state index in [0.717, 1.165) is 31.0 Å². The molecule has 0 fully saturated rings. The van der Waals surface area contributed by atoms with E-state index in [1.807, 2.05) is 18.5 Å². The van der Waals surface area contributed by atoms with Crippen LogP contribution >= 0.6 is 0 Å². The maximum Gasteiger partial charge on any atom is 0.117 e. The molecule has 5 rings (SSSR count). The number of fused-ring (bicyclic) bond motifs is 2. The van der Waals surface area contributed by atoms with E-state index < -0.39 is 0 Å². The summed E-state index contributed by atoms with van der Waals surface area (Å²) in [5.41, 5.74) is 4.88. The molecule has 0 bridgehead atoms. The van der Waals surface area contributed by atoms with Crippen LogP contribution in [0, 0.1) is 0 Å². The predicted octanol–water partition coefficient (Wildman–Crippen LogP) is 3.64. The quantitative estimate of drug-likeness (QED) is 0.623. The van der Waals surface area contributed by atoms with Crippen LogP contribution in [0.5, 0.6) is 0 Å². The Kier molecular flexibility index (Phi) is 3.28. The molecule has 4 aromatic rings. The highest BCUT2D eigenvalue weighted by atomic mass is 16.3. The zero-order chi connectivity index (χ0) is 16.8. The first-order valence-electron chi connectivity index (χ1n) is 8.64. The average molecular weight is 332 g/mol. The summed E-state index contributed by atoms with van der Waals surface area (Å²) in [6.07, 6.45) is 4.54. The van der Waals surface area contributed by atoms with E-state index >= 15 is 0 Å². The second-order valence-corrected chi connectivity index (χ2v) is 6.66. The van der Waals surface area contributed by atoms with Crippen LogP contribution in [-0.2, 0) is 20.0 Å². The largest absolute Gasteiger partial charge is 0.468 e. The number of aromatic amines is 1. The lowest BCUT2D eigenvalue weighted by Crippen LogP contribution is -2.36. The number of aromatic nitrogens is 3. The van der Waals surface area contributed by atoms with Gasteiger partial charge in [-0.05, 0) is 29.7 Å². The van der Waals surface area contributed by atoms with E-state index in [-0.39, 0.29) is 6.04 Å². The van der Waals surface area contributed by atoms with Crippen molar-refractivity contribution in [1.29, 1.82) is 0 Å². The van der Waals surface area contributed by atoms with E-state index in [1.165, 1.54) is 22.3 Å². The molecular formula is C20H20N4O. The van der Waals surface area contributed by atoms with Gasteiger partial charge in [-0.1, -0.05) is 18.2 Å². The van der Waals surface area contributed by atoms with Crippen molar-refractivity contribution in [3.8, 4) is 0 Å². The number of nitrogens with one attached hydrogen (secondary N) is 1. The smallest absolute Gasteiger partial charge is 0.117 e. The van der Waals surface area contributed by atoms with Gasteiger partial charge in [0.1, 0.15) is 5.76 Å². The van der Waals surface area contributed by atoms with Gasteiger partial charge in [-0.3, -0.25) is 4.90 Å². The Bertz CT molecular complexity index is 1010. The van der Waals surface area contributed by atoms with Gasteiger partial charge in [-0.25, -0.2) is 4.98 Å². The fraction of sp³-hybridized carbons (Fsp3) is 0.250. The van der Waals surface area contributed by atoms with Crippen LogP contribution in [0.1, 0.15) is 28.9 Å². The second kappa shape index (κ2) is 5.63. The lowest BCUT2D eigenvalue weighted by Gasteiger charge is -2.34. The Morgan fingerprint density at radius 3 is 3.00 bits per heavy atom. The maximum absolute atomic E-state index is 5.60. The minimum absolute atomic E-state index is 0.123. The van der Waals surface area contributed by atoms with Crippen LogP contribution in [0.3, 0.4) is 0 Å². The van der Waals surface area contributed by atoms with E-state index in [9.17, 15) is 0 Å². The van der Waals surface area contributed by atoms with Crippen molar-refractivity contribution in [2.24, 2.45) is 7.05 Å². The van der Waals surface area contributed by atoms with E-state index in [2.05, 4.69) is 56.8 Å². The van der Waals surface area contributed by atoms with E-state index in [0.29, 0.717) is 0 Å². The lowest BCUT2D eigenvalue weighted by molar-refractivity contribution is 0.180. The zero-order valence-corrected chi connectivity index (χ0v) is 14.1. The fourth-order valence-electron chi connectivity index (χ4n) is 4.00. The molecule has 0 spiro atoms. The Morgan fingerprint density at radius 2 is 2.16 bits per heavy atom. The zero-order valence-electron chi connectivity index (χ0n) is 14.1. The van der Waals surface area contributed by atoms with E-state index in [1.54, 1.807) is 6.26 Å². The van der Waals surface area contributed by atoms with E-state index in [4.69, 9.17) is 4.42 Å². The summed E-state index contributed by atoms with van der Waals surface area (Å²) >= 11 is 0. The molecule has 0 saturated heterocycles. The summed E-state index contributed by atoms with van der Waals surface area (Å²) in [5.74, 6) is 0.989. The minimum atomic E-state index is 0.123. The van der Waals surface area contributed by atoms with Crippen molar-refractivity contribution in [1.82, 2.24) is 19.4 Å². The Morgan fingerprint density at radius 1 is 1.24 bits per heavy atom. The number of hydrogen-bond donors (Lipinski definition) is 1. The standard InChI is InChI=1S/C20H20N4O/c1-23-17-7-3-2-5-14(17)11-18(23)20-19-16(21-13-22-19)8-9-24(20)12-15-6-4-10-25-15/h2-7,10-11,13,20H,8-9,12H2,1H3,(H,21,22)/t20-/m1/s1. The van der Waals surface area contributed by atoms with Crippen molar-refractivity contribution in [3.05, 3.63) is 77.9 Å². The molecule has 25 heavy (non-hydrogen) atoms. The molecule has 126 valence electrons. The number of furan rings is 1. The van der Waals surface area contributed by atoms with Crippen molar-refractivity contribution < 1.29 is 4.42 Å². The minimum Gasteiger partial charge on any atom is -0.468 e. The topological polar surface area (TPSA) is 50.0 Å². The van der Waals surface area contributed by atoms with Gasteiger partial charge in [-0.2, -0.15) is 0 Å². The van der Waals surface area contributed by atoms with Gasteiger partial charge in [0.25, 0.3) is 0 Å². The van der Waals surface area contributed by atoms with Gasteiger partial charge < -0.3 is 14.0 Å². The molecule has 0 saturated carbocycles. The van der Waals surface area contributed by atoms with Crippen LogP contribution in [0.4, 0.5) is 0 Å². The van der Waals surface area contributed by atoms with Crippen LogP contribution in [-0.4, -0.2) is 26.0 Å². The van der Waals surface area contributed by atoms with Crippen LogP contribution in [0.15, 0.2) is 59.5 Å². The van der Waals surface area contributed by atoms with Crippen molar-refractivity contribution >= 4 is 10.9 Å². The van der Waals surface area contributed by atoms with Crippen LogP contribution in [0.25, 0.3) is 10.9 Å². The van der Waals surface area contributed by atoms with Gasteiger partial charge in [0.2, 0.25) is 0 Å². The first kappa shape index (κ1) is 14.5. The predicted molar refractivity (Wildman–Crippen MR) is 96.2 cm³/mol. The molecule has 1 aromatic carbocycles. The molecule has 5 heteroatoms. The molecule has 1 N–H and O–H groups in total. The second-order valence-electron chi connectivity index (χ2n) is 6.66. The maximum atomic E-state index is 5.60. The van der Waals surface area contributed by atoms with Gasteiger partial charge in [0.15, 0.2) is 0 Å². The van der Waals surface area contributed by atoms with Gasteiger partial charge in [0.05, 0.1) is 30.9 Å². The van der Waals surface area contributed by atoms with Crippen molar-refractivity contribution in [3.63, 3.8) is 0 Å². The summed E-state index contributed by atoms with van der Waals surface area (Å²) < 4.78 is 7.89. The summed E-state index contributed by atoms with van der Waals surface area (Å²) in [6, 6.07) is 14.9. The normalized spacial score (nSPS) is 17.9. The summed E-state index contributed by atoms with van der Waals surface area (Å²) in [4.78, 5) is 10.4. The number of para-hydroxylation sites is 1. The average Bonchev–Trinajstić information content (AvgIpc) is 3.36. The summed E-state index contributed by atoms with van der Waals surface area (Å²) in [5, 5.41) is 1.26. The Balaban J connectivity index is 1.64. The third-order valence-electron chi connectivity index (χ3n) is 5.23. The number of benzene rings is 1. The Hall–Kier alpha value is -2.79. The molecule has 1 atom stereocenters. The van der Waals surface area contributed by atoms with Crippen LogP contribution in [0.2, 0.25) is 0 Å². The first-order chi connectivity index (χ1) is 12.3. The number of imidazole rings is 1. The van der Waals surface area contributed by atoms with Crippen molar-refractivity contribution in [2.45, 2.75) is 19.0 Å². The number of nitrogens with zero attached hydrogens (tertiary/aromatic N) is 3. The summed E-state index contributed by atoms with van der Waals surface area (Å²) in [7, 11) is 2.14.